The summed E-state index contributed by atoms with van der Waals surface area (Å²) in [5.41, 5.74) is 13.1. The summed E-state index contributed by atoms with van der Waals surface area (Å²) >= 11 is 0. The molecule has 0 aliphatic rings. The van der Waals surface area contributed by atoms with Crippen LogP contribution < -0.4 is 31.6 Å². The van der Waals surface area contributed by atoms with E-state index in [1.165, 1.54) is 14.2 Å². The van der Waals surface area contributed by atoms with Crippen LogP contribution in [0.25, 0.3) is 0 Å². The van der Waals surface area contributed by atoms with E-state index in [4.69, 9.17) is 20.9 Å². The van der Waals surface area contributed by atoms with E-state index >= 15 is 0 Å². The van der Waals surface area contributed by atoms with E-state index in [0.717, 1.165) is 11.6 Å². The molecule has 3 aromatic rings. The van der Waals surface area contributed by atoms with Gasteiger partial charge < -0.3 is 31.6 Å². The van der Waals surface area contributed by atoms with Crippen LogP contribution in [0.5, 0.6) is 11.5 Å². The fourth-order valence-electron chi connectivity index (χ4n) is 2.79. The van der Waals surface area contributed by atoms with Gasteiger partial charge in [0.25, 0.3) is 5.91 Å². The first-order valence-corrected chi connectivity index (χ1v) is 8.99. The highest BCUT2D eigenvalue weighted by Gasteiger charge is 2.17. The predicted molar refractivity (Wildman–Crippen MR) is 114 cm³/mol. The molecule has 0 unspecified atom stereocenters. The maximum atomic E-state index is 14.5. The van der Waals surface area contributed by atoms with Crippen molar-refractivity contribution in [1.29, 1.82) is 0 Å². The van der Waals surface area contributed by atoms with E-state index in [9.17, 15) is 9.18 Å². The Kier molecular flexibility index (Phi) is 6.21. The number of halogens is 1. The summed E-state index contributed by atoms with van der Waals surface area (Å²) in [6.45, 7) is 0.249. The van der Waals surface area contributed by atoms with E-state index < -0.39 is 11.7 Å². The van der Waals surface area contributed by atoms with Gasteiger partial charge in [0.05, 0.1) is 19.8 Å². The van der Waals surface area contributed by atoms with Crippen molar-refractivity contribution < 1.29 is 18.7 Å². The number of carbonyl (C=O) groups is 1. The first-order chi connectivity index (χ1) is 14.4. The van der Waals surface area contributed by atoms with Gasteiger partial charge >= 0.3 is 0 Å². The first kappa shape index (κ1) is 20.7. The number of aromatic nitrogens is 1. The molecule has 6 N–H and O–H groups in total. The number of anilines is 4. The second-order valence-corrected chi connectivity index (χ2v) is 6.36. The molecule has 2 aromatic carbocycles. The molecule has 0 aliphatic carbocycles. The number of rotatable bonds is 8. The molecule has 1 amide bonds. The van der Waals surface area contributed by atoms with Gasteiger partial charge in [-0.2, -0.15) is 0 Å². The molecule has 156 valence electrons. The van der Waals surface area contributed by atoms with E-state index in [1.54, 1.807) is 24.3 Å². The molecule has 1 heterocycles. The molecule has 0 aliphatic heterocycles. The molecular weight excluding hydrogens is 389 g/mol. The third kappa shape index (κ3) is 4.69. The number of nitrogen functional groups attached to an aromatic ring is 1. The number of carbonyl (C=O) groups excluding carboxylic acids is 1. The fourth-order valence-corrected chi connectivity index (χ4v) is 2.79. The Balaban J connectivity index is 1.94. The molecule has 0 atom stereocenters. The van der Waals surface area contributed by atoms with Gasteiger partial charge in [-0.15, -0.1) is 0 Å². The van der Waals surface area contributed by atoms with Crippen molar-refractivity contribution in [1.82, 2.24) is 4.98 Å². The first-order valence-electron chi connectivity index (χ1n) is 8.99. The van der Waals surface area contributed by atoms with Gasteiger partial charge in [-0.3, -0.25) is 4.79 Å². The van der Waals surface area contributed by atoms with Crippen LogP contribution >= 0.6 is 0 Å². The van der Waals surface area contributed by atoms with Gasteiger partial charge in [-0.05, 0) is 17.7 Å². The summed E-state index contributed by atoms with van der Waals surface area (Å²) in [5, 5.41) is 5.88. The van der Waals surface area contributed by atoms with Crippen LogP contribution in [0, 0.1) is 5.82 Å². The molecule has 8 nitrogen and oxygen atoms in total. The van der Waals surface area contributed by atoms with Crippen LogP contribution in [-0.2, 0) is 6.54 Å². The van der Waals surface area contributed by atoms with Gasteiger partial charge in [0, 0.05) is 36.1 Å². The van der Waals surface area contributed by atoms with E-state index in [2.05, 4.69) is 15.6 Å². The van der Waals surface area contributed by atoms with Gasteiger partial charge in [-0.25, -0.2) is 9.37 Å². The summed E-state index contributed by atoms with van der Waals surface area (Å²) < 4.78 is 25.0. The zero-order chi connectivity index (χ0) is 21.7. The molecule has 0 spiro atoms. The number of hydrogen-bond donors (Lipinski definition) is 4. The highest BCUT2D eigenvalue weighted by Crippen LogP contribution is 2.30. The Bertz CT molecular complexity index is 1050. The van der Waals surface area contributed by atoms with Crippen LogP contribution in [0.4, 0.5) is 27.4 Å². The summed E-state index contributed by atoms with van der Waals surface area (Å²) in [6, 6.07) is 13.3. The minimum absolute atomic E-state index is 0.0550. The Hall–Kier alpha value is -4.01. The molecular formula is C21H22FN5O3. The number of nitrogens with one attached hydrogen (secondary N) is 2. The lowest BCUT2D eigenvalue weighted by Gasteiger charge is -2.15. The molecule has 0 saturated heterocycles. The molecule has 3 rings (SSSR count). The van der Waals surface area contributed by atoms with Crippen molar-refractivity contribution in [2.75, 3.05) is 30.6 Å². The quantitative estimate of drug-likeness (QED) is 0.419. The van der Waals surface area contributed by atoms with Crippen molar-refractivity contribution in [3.63, 3.8) is 0 Å². The molecule has 9 heteroatoms. The summed E-state index contributed by atoms with van der Waals surface area (Å²) in [6.07, 6.45) is 0. The van der Waals surface area contributed by atoms with Crippen molar-refractivity contribution in [3.05, 3.63) is 65.5 Å². The molecule has 0 fully saturated rings. The molecule has 0 saturated carbocycles. The minimum Gasteiger partial charge on any atom is -0.497 e. The van der Waals surface area contributed by atoms with Crippen LogP contribution in [0.3, 0.4) is 0 Å². The number of pyridine rings is 1. The second kappa shape index (κ2) is 8.99. The third-order valence-corrected chi connectivity index (χ3v) is 4.36. The van der Waals surface area contributed by atoms with Crippen molar-refractivity contribution in [2.24, 2.45) is 5.73 Å². The van der Waals surface area contributed by atoms with E-state index in [0.29, 0.717) is 22.9 Å². The second-order valence-electron chi connectivity index (χ2n) is 6.36. The van der Waals surface area contributed by atoms with Crippen LogP contribution in [0.1, 0.15) is 15.9 Å². The number of benzene rings is 2. The van der Waals surface area contributed by atoms with Crippen LogP contribution in [0.2, 0.25) is 0 Å². The monoisotopic (exact) mass is 411 g/mol. The maximum absolute atomic E-state index is 14.5. The van der Waals surface area contributed by atoms with Gasteiger partial charge in [0.1, 0.15) is 17.3 Å². The zero-order valence-electron chi connectivity index (χ0n) is 16.5. The molecule has 0 radical (unpaired) electrons. The summed E-state index contributed by atoms with van der Waals surface area (Å²) in [4.78, 5) is 16.1. The summed E-state index contributed by atoms with van der Waals surface area (Å²) in [5.74, 6) is -0.456. The number of amides is 1. The Morgan fingerprint density at radius 1 is 1.07 bits per heavy atom. The van der Waals surface area contributed by atoms with E-state index in [-0.39, 0.29) is 23.7 Å². The topological polar surface area (TPSA) is 125 Å². The number of ether oxygens (including phenoxy) is 2. The smallest absolute Gasteiger partial charge is 0.252 e. The Morgan fingerprint density at radius 2 is 1.73 bits per heavy atom. The lowest BCUT2D eigenvalue weighted by molar-refractivity contribution is 0.100. The molecule has 0 bridgehead atoms. The maximum Gasteiger partial charge on any atom is 0.252 e. The standard InChI is InChI=1S/C21H22FN5O3/c1-29-14-7-13(8-15(9-14)30-2)26-20-16(19(24)28)10-17(22)21(27-20)25-11-12-5-3-4-6-18(12)23/h3-10H,11,23H2,1-2H3,(H2,24,28)(H2,25,26,27). The zero-order valence-corrected chi connectivity index (χ0v) is 16.5. The predicted octanol–water partition coefficient (Wildman–Crippen LogP) is 3.27. The van der Waals surface area contributed by atoms with Crippen molar-refractivity contribution >= 4 is 28.9 Å². The van der Waals surface area contributed by atoms with Crippen molar-refractivity contribution in [2.45, 2.75) is 6.54 Å². The highest BCUT2D eigenvalue weighted by atomic mass is 19.1. The number of methoxy groups -OCH3 is 2. The highest BCUT2D eigenvalue weighted by molar-refractivity contribution is 5.98. The number of nitrogens with two attached hydrogens (primary N) is 2. The fraction of sp³-hybridized carbons (Fsp3) is 0.143. The van der Waals surface area contributed by atoms with Crippen LogP contribution in [-0.4, -0.2) is 25.1 Å². The lowest BCUT2D eigenvalue weighted by atomic mass is 10.2. The number of hydrogen-bond acceptors (Lipinski definition) is 7. The van der Waals surface area contributed by atoms with Gasteiger partial charge in [0.2, 0.25) is 0 Å². The summed E-state index contributed by atoms with van der Waals surface area (Å²) in [7, 11) is 3.03. The average molecular weight is 411 g/mol. The minimum atomic E-state index is -0.822. The molecule has 1 aromatic heterocycles. The van der Waals surface area contributed by atoms with Gasteiger partial charge in [-0.1, -0.05) is 18.2 Å². The Morgan fingerprint density at radius 3 is 2.33 bits per heavy atom. The Labute approximate surface area is 173 Å². The number of primary amides is 1. The largest absolute Gasteiger partial charge is 0.497 e. The van der Waals surface area contributed by atoms with Gasteiger partial charge in [0.15, 0.2) is 11.6 Å². The van der Waals surface area contributed by atoms with E-state index in [1.807, 2.05) is 18.2 Å². The average Bonchev–Trinajstić information content (AvgIpc) is 2.74. The lowest BCUT2D eigenvalue weighted by Crippen LogP contribution is -2.16. The number of para-hydroxylation sites is 1. The number of nitrogens with zero attached hydrogens (tertiary/aromatic N) is 1. The molecule has 30 heavy (non-hydrogen) atoms. The normalized spacial score (nSPS) is 10.4. The van der Waals surface area contributed by atoms with Crippen molar-refractivity contribution in [3.8, 4) is 11.5 Å². The SMILES string of the molecule is COc1cc(Nc2nc(NCc3ccccc3N)c(F)cc2C(N)=O)cc(OC)c1. The third-order valence-electron chi connectivity index (χ3n) is 4.36. The van der Waals surface area contributed by atoms with Crippen LogP contribution in [0.15, 0.2) is 48.5 Å².